The lowest BCUT2D eigenvalue weighted by atomic mass is 9.79. The minimum absolute atomic E-state index is 0.0402. The second-order valence-corrected chi connectivity index (χ2v) is 15.5. The Morgan fingerprint density at radius 1 is 0.929 bits per heavy atom. The number of fused-ring (bicyclic) bond motifs is 1. The van der Waals surface area contributed by atoms with Gasteiger partial charge in [-0.05, 0) is 62.1 Å². The van der Waals surface area contributed by atoms with Crippen LogP contribution in [0.25, 0.3) is 27.3 Å². The third-order valence-corrected chi connectivity index (χ3v) is 12.1. The van der Waals surface area contributed by atoms with E-state index in [4.69, 9.17) is 0 Å². The zero-order valence-electron chi connectivity index (χ0n) is 30.4. The Bertz CT molecular complexity index is 2440. The quantitative estimate of drug-likeness (QED) is 0.201. The largest absolute Gasteiger partial charge is 0.433 e. The van der Waals surface area contributed by atoms with Gasteiger partial charge in [0.2, 0.25) is 5.91 Å². The number of aliphatic hydroxyl groups is 1. The summed E-state index contributed by atoms with van der Waals surface area (Å²) in [7, 11) is 0. The topological polar surface area (TPSA) is 126 Å². The molecule has 0 bridgehead atoms. The van der Waals surface area contributed by atoms with Crippen LogP contribution in [0.15, 0.2) is 102 Å². The predicted octanol–water partition coefficient (Wildman–Crippen LogP) is 6.33. The fourth-order valence-electron chi connectivity index (χ4n) is 7.84. The zero-order valence-corrected chi connectivity index (χ0v) is 31.2. The molecule has 1 N–H and O–H groups in total. The van der Waals surface area contributed by atoms with Gasteiger partial charge in [0.1, 0.15) is 21.9 Å². The van der Waals surface area contributed by atoms with Crippen molar-refractivity contribution in [3.63, 3.8) is 0 Å². The summed E-state index contributed by atoms with van der Waals surface area (Å²) < 4.78 is 42.5. The number of likely N-dealkylation sites (tertiary alicyclic amines) is 2. The Kier molecular flexibility index (Phi) is 9.83. The highest BCUT2D eigenvalue weighted by Gasteiger charge is 2.42. The smallest absolute Gasteiger partial charge is 0.388 e. The summed E-state index contributed by atoms with van der Waals surface area (Å²) in [6, 6.07) is 23.2. The van der Waals surface area contributed by atoms with Crippen molar-refractivity contribution in [3.05, 3.63) is 130 Å². The fraction of sp³-hybridized carbons (Fsp3) is 0.317. The number of alkyl halides is 3. The van der Waals surface area contributed by atoms with Gasteiger partial charge in [-0.1, -0.05) is 48.5 Å². The maximum absolute atomic E-state index is 14.3. The SMILES string of the molecule is Cc1nc(-c2ccc(C(F)(F)F)nc2)sc1C(=O)N1CC[C@@H](C(=O)N2CCC(O)(Cn3cnc4c(ccn4-c4ccccc4)c3=O)CC2)[C@H](c2ccccc2)C1. The van der Waals surface area contributed by atoms with Crippen molar-refractivity contribution in [3.8, 4) is 16.3 Å². The molecule has 0 spiro atoms. The van der Waals surface area contributed by atoms with Crippen molar-refractivity contribution < 1.29 is 27.9 Å². The van der Waals surface area contributed by atoms with E-state index in [0.29, 0.717) is 58.2 Å². The zero-order chi connectivity index (χ0) is 39.2. The van der Waals surface area contributed by atoms with Gasteiger partial charge in [0.25, 0.3) is 11.5 Å². The second kappa shape index (κ2) is 14.8. The van der Waals surface area contributed by atoms with Crippen LogP contribution in [0, 0.1) is 12.8 Å². The highest BCUT2D eigenvalue weighted by molar-refractivity contribution is 7.17. The molecular weight excluding hydrogens is 744 g/mol. The molecule has 288 valence electrons. The van der Waals surface area contributed by atoms with Crippen LogP contribution in [0.2, 0.25) is 0 Å². The number of carbonyl (C=O) groups is 2. The number of amides is 2. The van der Waals surface area contributed by atoms with Crippen molar-refractivity contribution in [2.45, 2.75) is 50.4 Å². The number of pyridine rings is 1. The van der Waals surface area contributed by atoms with Crippen LogP contribution >= 0.6 is 11.3 Å². The lowest BCUT2D eigenvalue weighted by Crippen LogP contribution is -2.53. The van der Waals surface area contributed by atoms with Crippen molar-refractivity contribution in [1.29, 1.82) is 0 Å². The molecule has 0 radical (unpaired) electrons. The number of halogens is 3. The average Bonchev–Trinajstić information content (AvgIpc) is 3.83. The number of thiazole rings is 1. The van der Waals surface area contributed by atoms with Crippen LogP contribution in [-0.4, -0.2) is 82.6 Å². The van der Waals surface area contributed by atoms with E-state index in [1.54, 1.807) is 22.8 Å². The summed E-state index contributed by atoms with van der Waals surface area (Å²) in [5.41, 5.74) is 0.733. The van der Waals surface area contributed by atoms with Crippen LogP contribution in [0.5, 0.6) is 0 Å². The van der Waals surface area contributed by atoms with E-state index >= 15 is 0 Å². The number of piperidine rings is 2. The standard InChI is InChI=1S/C41H38F3N7O4S/c1-26-34(56-36(47-26)28-12-13-33(45-22-28)41(42,43)44)39(54)49-18-14-30(32(23-49)27-8-4-2-5-9-27)37(52)48-20-16-40(55,17-21-48)24-50-25-46-35-31(38(50)53)15-19-51(35)29-10-6-3-7-11-29/h2-13,15,19,22,25,30,32,55H,14,16-18,20-21,23-24H2,1H3/t30-,32+/m1/s1. The number of para-hydroxylation sites is 1. The number of aryl methyl sites for hydroxylation is 1. The Labute approximate surface area is 323 Å². The highest BCUT2D eigenvalue weighted by Crippen LogP contribution is 2.38. The molecule has 2 aromatic carbocycles. The summed E-state index contributed by atoms with van der Waals surface area (Å²) in [5, 5.41) is 12.5. The second-order valence-electron chi connectivity index (χ2n) is 14.5. The molecule has 6 heterocycles. The molecule has 0 aliphatic carbocycles. The number of rotatable bonds is 7. The Morgan fingerprint density at radius 2 is 1.64 bits per heavy atom. The van der Waals surface area contributed by atoms with Crippen molar-refractivity contribution in [2.75, 3.05) is 26.2 Å². The van der Waals surface area contributed by atoms with E-state index < -0.39 is 23.4 Å². The van der Waals surface area contributed by atoms with E-state index in [2.05, 4.69) is 15.0 Å². The summed E-state index contributed by atoms with van der Waals surface area (Å²) >= 11 is 1.11. The van der Waals surface area contributed by atoms with E-state index in [9.17, 15) is 32.7 Å². The summed E-state index contributed by atoms with van der Waals surface area (Å²) in [6.45, 7) is 2.99. The van der Waals surface area contributed by atoms with Crippen LogP contribution in [0.4, 0.5) is 13.2 Å². The van der Waals surface area contributed by atoms with Crippen molar-refractivity contribution in [2.24, 2.45) is 5.92 Å². The first-order valence-electron chi connectivity index (χ1n) is 18.4. The Hall–Kier alpha value is -5.67. The summed E-state index contributed by atoms with van der Waals surface area (Å²) in [4.78, 5) is 58.2. The lowest BCUT2D eigenvalue weighted by Gasteiger charge is -2.43. The maximum Gasteiger partial charge on any atom is 0.433 e. The van der Waals surface area contributed by atoms with Crippen molar-refractivity contribution >= 4 is 34.2 Å². The van der Waals surface area contributed by atoms with Gasteiger partial charge in [-0.2, -0.15) is 13.2 Å². The number of aromatic nitrogens is 5. The van der Waals surface area contributed by atoms with Crippen LogP contribution in [0.1, 0.15) is 51.8 Å². The number of hydrogen-bond acceptors (Lipinski definition) is 8. The first-order valence-corrected chi connectivity index (χ1v) is 19.2. The van der Waals surface area contributed by atoms with Crippen LogP contribution in [-0.2, 0) is 17.5 Å². The van der Waals surface area contributed by atoms with Gasteiger partial charge in [-0.15, -0.1) is 11.3 Å². The minimum atomic E-state index is -4.56. The van der Waals surface area contributed by atoms with Crippen LogP contribution in [0.3, 0.4) is 0 Å². The van der Waals surface area contributed by atoms with E-state index in [1.807, 2.05) is 71.4 Å². The molecule has 2 aliphatic heterocycles. The molecule has 2 amide bonds. The summed E-state index contributed by atoms with van der Waals surface area (Å²) in [5.74, 6) is -0.998. The third-order valence-electron chi connectivity index (χ3n) is 10.9. The first kappa shape index (κ1) is 37.3. The molecule has 56 heavy (non-hydrogen) atoms. The minimum Gasteiger partial charge on any atom is -0.388 e. The normalized spacial score (nSPS) is 18.7. The monoisotopic (exact) mass is 781 g/mol. The number of nitrogens with zero attached hydrogens (tertiary/aromatic N) is 7. The van der Waals surface area contributed by atoms with Gasteiger partial charge in [0.05, 0.1) is 23.2 Å². The molecular formula is C41H38F3N7O4S. The van der Waals surface area contributed by atoms with E-state index in [-0.39, 0.29) is 49.2 Å². The molecule has 0 unspecified atom stereocenters. The van der Waals surface area contributed by atoms with E-state index in [0.717, 1.165) is 34.9 Å². The van der Waals surface area contributed by atoms with Gasteiger partial charge in [0, 0.05) is 61.7 Å². The third kappa shape index (κ3) is 7.23. The van der Waals surface area contributed by atoms with Gasteiger partial charge in [-0.3, -0.25) is 23.9 Å². The number of benzene rings is 2. The van der Waals surface area contributed by atoms with Crippen molar-refractivity contribution in [1.82, 2.24) is 33.9 Å². The molecule has 8 rings (SSSR count). The Morgan fingerprint density at radius 3 is 2.32 bits per heavy atom. The molecule has 0 saturated carbocycles. The highest BCUT2D eigenvalue weighted by atomic mass is 32.1. The molecule has 2 saturated heterocycles. The molecule has 2 atom stereocenters. The van der Waals surface area contributed by atoms with E-state index in [1.165, 1.54) is 17.0 Å². The molecule has 2 aliphatic rings. The average molecular weight is 782 g/mol. The van der Waals surface area contributed by atoms with Gasteiger partial charge in [-0.25, -0.2) is 9.97 Å². The fourth-order valence-corrected chi connectivity index (χ4v) is 8.86. The summed E-state index contributed by atoms with van der Waals surface area (Å²) in [6.07, 6.45) is 0.808. The van der Waals surface area contributed by atoms with Gasteiger partial charge < -0.3 is 19.5 Å². The van der Waals surface area contributed by atoms with Crippen LogP contribution < -0.4 is 5.56 Å². The molecule has 6 aromatic rings. The van der Waals surface area contributed by atoms with Gasteiger partial charge in [0.15, 0.2) is 5.65 Å². The Balaban J connectivity index is 0.948. The molecule has 4 aromatic heterocycles. The van der Waals surface area contributed by atoms with Gasteiger partial charge >= 0.3 is 6.18 Å². The first-order chi connectivity index (χ1) is 26.9. The molecule has 15 heteroatoms. The predicted molar refractivity (Wildman–Crippen MR) is 204 cm³/mol. The maximum atomic E-state index is 14.3. The number of hydrogen-bond donors (Lipinski definition) is 1. The molecule has 11 nitrogen and oxygen atoms in total. The molecule has 2 fully saturated rings. The lowest BCUT2D eigenvalue weighted by molar-refractivity contribution is -0.142. The number of carbonyl (C=O) groups excluding carboxylic acids is 2.